The maximum Gasteiger partial charge on any atom is 0.414 e. The molecule has 0 aliphatic rings. The summed E-state index contributed by atoms with van der Waals surface area (Å²) in [5.74, 6) is 1.79. The summed E-state index contributed by atoms with van der Waals surface area (Å²) in [7, 11) is 3.62. The van der Waals surface area contributed by atoms with E-state index in [9.17, 15) is 4.79 Å². The number of hydrogen-bond acceptors (Lipinski definition) is 2. The fourth-order valence-electron chi connectivity index (χ4n) is 1.59. The first-order valence-electron chi connectivity index (χ1n) is 5.99. The van der Waals surface area contributed by atoms with Crippen molar-refractivity contribution in [1.82, 2.24) is 4.90 Å². The molecule has 1 amide bonds. The van der Waals surface area contributed by atoms with Crippen LogP contribution in [0.4, 0.5) is 4.79 Å². The van der Waals surface area contributed by atoms with Crippen molar-refractivity contribution in [2.75, 3.05) is 26.1 Å². The molecule has 1 aromatic rings. The van der Waals surface area contributed by atoms with Crippen LogP contribution in [0.25, 0.3) is 0 Å². The summed E-state index contributed by atoms with van der Waals surface area (Å²) in [5.41, 5.74) is 2.20. The molecule has 3 nitrogen and oxygen atoms in total. The van der Waals surface area contributed by atoms with Crippen LogP contribution in [-0.2, 0) is 10.9 Å². The highest BCUT2D eigenvalue weighted by atomic mass is 32.2. The highest BCUT2D eigenvalue weighted by molar-refractivity contribution is 7.96. The molecule has 0 saturated heterocycles. The molecule has 1 rings (SSSR count). The molecule has 0 N–H and O–H groups in total. The van der Waals surface area contributed by atoms with Gasteiger partial charge in [-0.15, -0.1) is 0 Å². The first-order chi connectivity index (χ1) is 8.36. The van der Waals surface area contributed by atoms with Crippen molar-refractivity contribution >= 4 is 17.0 Å². The van der Waals surface area contributed by atoms with E-state index in [0.717, 1.165) is 11.3 Å². The molecule has 0 fully saturated rings. The van der Waals surface area contributed by atoms with Gasteiger partial charge in [0.2, 0.25) is 0 Å². The number of hydrogen-bond donors (Lipinski definition) is 0. The summed E-state index contributed by atoms with van der Waals surface area (Å²) >= 11 is 0. The Morgan fingerprint density at radius 1 is 1.28 bits per heavy atom. The normalized spacial score (nSPS) is 12.1. The van der Waals surface area contributed by atoms with Crippen molar-refractivity contribution in [3.05, 3.63) is 23.3 Å². The van der Waals surface area contributed by atoms with Crippen LogP contribution in [0, 0.1) is 13.8 Å². The molecule has 0 spiro atoms. The number of amides is 1. The third-order valence-corrected chi connectivity index (χ3v) is 4.90. The molecule has 0 radical (unpaired) electrons. The number of rotatable bonds is 3. The van der Waals surface area contributed by atoms with Crippen molar-refractivity contribution in [2.24, 2.45) is 0 Å². The lowest BCUT2D eigenvalue weighted by Gasteiger charge is -2.14. The van der Waals surface area contributed by atoms with Crippen LogP contribution in [0.3, 0.4) is 0 Å². The van der Waals surface area contributed by atoms with Crippen LogP contribution in [-0.4, -0.2) is 37.1 Å². The zero-order chi connectivity index (χ0) is 13.9. The number of aryl methyl sites for hydroxylation is 2. The molecule has 1 aromatic carbocycles. The molecule has 0 bridgehead atoms. The SMILES string of the molecule is CC[S+](C)c1cc(C)c(OC(=O)N(C)C)cc1C. The summed E-state index contributed by atoms with van der Waals surface area (Å²) in [6.45, 7) is 6.24. The maximum absolute atomic E-state index is 11.6. The van der Waals surface area contributed by atoms with Gasteiger partial charge in [0.25, 0.3) is 0 Å². The standard InChI is InChI=1S/C14H22NO2S/c1-7-18(6)13-9-10(2)12(8-11(13)3)17-14(16)15(4)5/h8-9H,7H2,1-6H3/q+1. The lowest BCUT2D eigenvalue weighted by Crippen LogP contribution is -2.25. The van der Waals surface area contributed by atoms with Gasteiger partial charge < -0.3 is 9.64 Å². The Bertz CT molecular complexity index is 444. The Morgan fingerprint density at radius 2 is 1.89 bits per heavy atom. The lowest BCUT2D eigenvalue weighted by molar-refractivity contribution is 0.171. The maximum atomic E-state index is 11.6. The van der Waals surface area contributed by atoms with Crippen LogP contribution in [0.15, 0.2) is 17.0 Å². The molecular formula is C14H22NO2S+. The average molecular weight is 268 g/mol. The van der Waals surface area contributed by atoms with Gasteiger partial charge in [0.1, 0.15) is 17.8 Å². The van der Waals surface area contributed by atoms with Crippen molar-refractivity contribution in [2.45, 2.75) is 25.7 Å². The van der Waals surface area contributed by atoms with Gasteiger partial charge >= 0.3 is 6.09 Å². The first-order valence-corrected chi connectivity index (χ1v) is 7.80. The van der Waals surface area contributed by atoms with E-state index in [1.54, 1.807) is 14.1 Å². The molecular weight excluding hydrogens is 246 g/mol. The monoisotopic (exact) mass is 268 g/mol. The molecule has 1 unspecified atom stereocenters. The van der Waals surface area contributed by atoms with Gasteiger partial charge in [0.15, 0.2) is 4.90 Å². The first kappa shape index (κ1) is 14.9. The Balaban J connectivity index is 3.04. The third kappa shape index (κ3) is 3.42. The fourth-order valence-corrected chi connectivity index (χ4v) is 2.89. The number of carbonyl (C=O) groups is 1. The van der Waals surface area contributed by atoms with Gasteiger partial charge in [-0.1, -0.05) is 0 Å². The molecule has 0 saturated carbocycles. The highest BCUT2D eigenvalue weighted by Gasteiger charge is 2.19. The fraction of sp³-hybridized carbons (Fsp3) is 0.500. The van der Waals surface area contributed by atoms with E-state index < -0.39 is 0 Å². The number of nitrogens with zero attached hydrogens (tertiary/aromatic N) is 1. The van der Waals surface area contributed by atoms with Gasteiger partial charge in [0, 0.05) is 36.6 Å². The Hall–Kier alpha value is -1.16. The summed E-state index contributed by atoms with van der Waals surface area (Å²) in [5, 5.41) is 0. The number of ether oxygens (including phenoxy) is 1. The van der Waals surface area contributed by atoms with Gasteiger partial charge in [-0.05, 0) is 32.4 Å². The second-order valence-electron chi connectivity index (χ2n) is 4.57. The van der Waals surface area contributed by atoms with Crippen molar-refractivity contribution in [3.63, 3.8) is 0 Å². The highest BCUT2D eigenvalue weighted by Crippen LogP contribution is 2.27. The Labute approximate surface area is 112 Å². The van der Waals surface area contributed by atoms with E-state index in [1.807, 2.05) is 13.0 Å². The second-order valence-corrected chi connectivity index (χ2v) is 6.86. The predicted molar refractivity (Wildman–Crippen MR) is 77.7 cm³/mol. The Kier molecular flexibility index (Phi) is 5.08. The van der Waals surface area contributed by atoms with Crippen LogP contribution in [0.1, 0.15) is 18.1 Å². The van der Waals surface area contributed by atoms with Gasteiger partial charge in [0.05, 0.1) is 0 Å². The van der Waals surface area contributed by atoms with Crippen LogP contribution >= 0.6 is 0 Å². The predicted octanol–water partition coefficient (Wildman–Crippen LogP) is 2.99. The summed E-state index contributed by atoms with van der Waals surface area (Å²) in [4.78, 5) is 14.3. The molecule has 100 valence electrons. The molecule has 4 heteroatoms. The van der Waals surface area contributed by atoms with Gasteiger partial charge in [-0.25, -0.2) is 4.79 Å². The van der Waals surface area contributed by atoms with Crippen LogP contribution in [0.2, 0.25) is 0 Å². The van der Waals surface area contributed by atoms with Gasteiger partial charge in [-0.3, -0.25) is 0 Å². The molecule has 1 atom stereocenters. The lowest BCUT2D eigenvalue weighted by atomic mass is 10.1. The van der Waals surface area contributed by atoms with E-state index in [1.165, 1.54) is 15.4 Å². The van der Waals surface area contributed by atoms with E-state index in [4.69, 9.17) is 4.74 Å². The second kappa shape index (κ2) is 6.14. The zero-order valence-electron chi connectivity index (χ0n) is 12.0. The quantitative estimate of drug-likeness (QED) is 0.789. The zero-order valence-corrected chi connectivity index (χ0v) is 12.9. The summed E-state index contributed by atoms with van der Waals surface area (Å²) in [6.07, 6.45) is 1.91. The van der Waals surface area contributed by atoms with Crippen molar-refractivity contribution in [3.8, 4) is 5.75 Å². The van der Waals surface area contributed by atoms with E-state index in [2.05, 4.69) is 26.2 Å². The molecule has 0 aliphatic carbocycles. The number of carbonyl (C=O) groups excluding carboxylic acids is 1. The Morgan fingerprint density at radius 3 is 2.39 bits per heavy atom. The minimum Gasteiger partial charge on any atom is -0.410 e. The van der Waals surface area contributed by atoms with E-state index in [0.29, 0.717) is 5.75 Å². The van der Waals surface area contributed by atoms with Crippen molar-refractivity contribution < 1.29 is 9.53 Å². The molecule has 18 heavy (non-hydrogen) atoms. The largest absolute Gasteiger partial charge is 0.414 e. The topological polar surface area (TPSA) is 29.5 Å². The summed E-state index contributed by atoms with van der Waals surface area (Å²) < 4.78 is 5.35. The molecule has 0 aliphatic heterocycles. The van der Waals surface area contributed by atoms with Gasteiger partial charge in [-0.2, -0.15) is 0 Å². The van der Waals surface area contributed by atoms with Crippen molar-refractivity contribution in [1.29, 1.82) is 0 Å². The minimum atomic E-state index is -0.337. The molecule has 0 aromatic heterocycles. The average Bonchev–Trinajstić information content (AvgIpc) is 2.32. The van der Waals surface area contributed by atoms with E-state index >= 15 is 0 Å². The number of benzene rings is 1. The van der Waals surface area contributed by atoms with Crippen LogP contribution in [0.5, 0.6) is 5.75 Å². The third-order valence-electron chi connectivity index (χ3n) is 2.84. The van der Waals surface area contributed by atoms with Crippen LogP contribution < -0.4 is 4.74 Å². The minimum absolute atomic E-state index is 0.257. The molecule has 0 heterocycles. The smallest absolute Gasteiger partial charge is 0.410 e. The van der Waals surface area contributed by atoms with E-state index in [-0.39, 0.29) is 17.0 Å². The summed E-state index contributed by atoms with van der Waals surface area (Å²) in [6, 6.07) is 4.10.